The van der Waals surface area contributed by atoms with Crippen LogP contribution in [0.5, 0.6) is 11.5 Å². The average molecular weight is 324 g/mol. The van der Waals surface area contributed by atoms with Crippen LogP contribution in [0.2, 0.25) is 5.28 Å². The fourth-order valence-electron chi connectivity index (χ4n) is 2.57. The van der Waals surface area contributed by atoms with E-state index in [1.54, 1.807) is 20.3 Å². The molecule has 2 aromatic rings. The Morgan fingerprint density at radius 1 is 1.14 bits per heavy atom. The normalized spacial score (nSPS) is 15.8. The second kappa shape index (κ2) is 6.54. The van der Waals surface area contributed by atoms with Crippen molar-refractivity contribution >= 4 is 28.3 Å². The van der Waals surface area contributed by atoms with E-state index in [-0.39, 0.29) is 5.28 Å². The molecule has 0 atom stereocenters. The van der Waals surface area contributed by atoms with Crippen LogP contribution in [0, 0.1) is 0 Å². The van der Waals surface area contributed by atoms with Crippen molar-refractivity contribution in [3.8, 4) is 11.5 Å². The average Bonchev–Trinajstić information content (AvgIpc) is 2.54. The summed E-state index contributed by atoms with van der Waals surface area (Å²) in [5, 5.41) is 4.50. The monoisotopic (exact) mass is 323 g/mol. The Morgan fingerprint density at radius 2 is 1.82 bits per heavy atom. The van der Waals surface area contributed by atoms with Crippen LogP contribution >= 0.6 is 11.6 Å². The summed E-state index contributed by atoms with van der Waals surface area (Å²) < 4.78 is 16.0. The smallest absolute Gasteiger partial charge is 0.224 e. The number of nitrogens with one attached hydrogen (secondary N) is 1. The van der Waals surface area contributed by atoms with Gasteiger partial charge in [-0.15, -0.1) is 0 Å². The highest BCUT2D eigenvalue weighted by molar-refractivity contribution is 6.28. The van der Waals surface area contributed by atoms with E-state index in [1.165, 1.54) is 0 Å². The molecular weight excluding hydrogens is 306 g/mol. The van der Waals surface area contributed by atoms with E-state index in [4.69, 9.17) is 25.8 Å². The molecule has 0 radical (unpaired) electrons. The van der Waals surface area contributed by atoms with Gasteiger partial charge in [0.25, 0.3) is 0 Å². The van der Waals surface area contributed by atoms with Crippen molar-refractivity contribution in [3.05, 3.63) is 17.4 Å². The minimum absolute atomic E-state index is 0.203. The molecule has 0 aliphatic carbocycles. The molecule has 22 heavy (non-hydrogen) atoms. The molecule has 0 bridgehead atoms. The van der Waals surface area contributed by atoms with Crippen LogP contribution in [0.25, 0.3) is 10.9 Å². The molecule has 1 fully saturated rings. The van der Waals surface area contributed by atoms with Crippen molar-refractivity contribution in [2.45, 2.75) is 18.9 Å². The highest BCUT2D eigenvalue weighted by Crippen LogP contribution is 2.35. The maximum atomic E-state index is 6.05. The van der Waals surface area contributed by atoms with Gasteiger partial charge in [-0.1, -0.05) is 0 Å². The number of anilines is 1. The van der Waals surface area contributed by atoms with Gasteiger partial charge in [-0.2, -0.15) is 0 Å². The van der Waals surface area contributed by atoms with Gasteiger partial charge in [-0.25, -0.2) is 9.97 Å². The lowest BCUT2D eigenvalue weighted by Gasteiger charge is -2.24. The van der Waals surface area contributed by atoms with E-state index in [0.717, 1.165) is 31.4 Å². The number of benzene rings is 1. The molecule has 1 aromatic carbocycles. The second-order valence-corrected chi connectivity index (χ2v) is 5.43. The molecule has 0 saturated carbocycles. The highest BCUT2D eigenvalue weighted by atomic mass is 35.5. The van der Waals surface area contributed by atoms with Crippen LogP contribution in [-0.2, 0) is 4.74 Å². The Morgan fingerprint density at radius 3 is 2.50 bits per heavy atom. The van der Waals surface area contributed by atoms with Gasteiger partial charge in [-0.3, -0.25) is 0 Å². The molecule has 0 spiro atoms. The molecule has 0 amide bonds. The number of aromatic nitrogens is 2. The van der Waals surface area contributed by atoms with E-state index >= 15 is 0 Å². The zero-order chi connectivity index (χ0) is 15.5. The third-order valence-electron chi connectivity index (χ3n) is 3.74. The minimum atomic E-state index is 0.203. The first kappa shape index (κ1) is 15.1. The minimum Gasteiger partial charge on any atom is -0.493 e. The van der Waals surface area contributed by atoms with Crippen molar-refractivity contribution < 1.29 is 14.2 Å². The van der Waals surface area contributed by atoms with Crippen LogP contribution in [0.1, 0.15) is 12.8 Å². The largest absolute Gasteiger partial charge is 0.493 e. The Hall–Kier alpha value is -1.79. The predicted octanol–water partition coefficient (Wildman–Crippen LogP) is 2.89. The van der Waals surface area contributed by atoms with Crippen molar-refractivity contribution in [2.24, 2.45) is 0 Å². The van der Waals surface area contributed by atoms with Crippen molar-refractivity contribution in [1.82, 2.24) is 9.97 Å². The number of nitrogens with zero attached hydrogens (tertiary/aromatic N) is 2. The van der Waals surface area contributed by atoms with Gasteiger partial charge in [0.1, 0.15) is 5.82 Å². The van der Waals surface area contributed by atoms with Gasteiger partial charge >= 0.3 is 0 Å². The van der Waals surface area contributed by atoms with Crippen LogP contribution in [0.4, 0.5) is 5.82 Å². The van der Waals surface area contributed by atoms with Gasteiger partial charge in [0, 0.05) is 30.7 Å². The Balaban J connectivity index is 2.03. The number of fused-ring (bicyclic) bond motifs is 1. The van der Waals surface area contributed by atoms with Gasteiger partial charge in [-0.05, 0) is 30.5 Å². The first-order valence-electron chi connectivity index (χ1n) is 7.15. The molecule has 6 nitrogen and oxygen atoms in total. The number of methoxy groups -OCH3 is 2. The quantitative estimate of drug-likeness (QED) is 0.873. The summed E-state index contributed by atoms with van der Waals surface area (Å²) in [4.78, 5) is 8.60. The second-order valence-electron chi connectivity index (χ2n) is 5.10. The number of rotatable bonds is 4. The lowest BCUT2D eigenvalue weighted by Crippen LogP contribution is -2.28. The fraction of sp³-hybridized carbons (Fsp3) is 0.467. The SMILES string of the molecule is COc1cc2nc(Cl)nc(NC3CCOCC3)c2cc1OC. The van der Waals surface area contributed by atoms with Crippen LogP contribution in [0.15, 0.2) is 12.1 Å². The summed E-state index contributed by atoms with van der Waals surface area (Å²) in [5.41, 5.74) is 0.715. The maximum Gasteiger partial charge on any atom is 0.224 e. The summed E-state index contributed by atoms with van der Waals surface area (Å²) in [6.07, 6.45) is 1.88. The molecular formula is C15H18ClN3O3. The van der Waals surface area contributed by atoms with Crippen molar-refractivity contribution in [1.29, 1.82) is 0 Å². The molecule has 7 heteroatoms. The lowest BCUT2D eigenvalue weighted by molar-refractivity contribution is 0.0904. The van der Waals surface area contributed by atoms with Crippen LogP contribution < -0.4 is 14.8 Å². The highest BCUT2D eigenvalue weighted by Gasteiger charge is 2.18. The Kier molecular flexibility index (Phi) is 4.49. The van der Waals surface area contributed by atoms with Crippen molar-refractivity contribution in [2.75, 3.05) is 32.8 Å². The topological polar surface area (TPSA) is 65.5 Å². The lowest BCUT2D eigenvalue weighted by atomic mass is 10.1. The molecule has 1 aliphatic heterocycles. The number of hydrogen-bond acceptors (Lipinski definition) is 6. The van der Waals surface area contributed by atoms with E-state index in [1.807, 2.05) is 6.07 Å². The molecule has 1 saturated heterocycles. The zero-order valence-corrected chi connectivity index (χ0v) is 13.3. The Labute approximate surface area is 133 Å². The number of ether oxygens (including phenoxy) is 3. The molecule has 1 aliphatic rings. The third kappa shape index (κ3) is 3.03. The summed E-state index contributed by atoms with van der Waals surface area (Å²) >= 11 is 6.05. The van der Waals surface area contributed by atoms with Gasteiger partial charge in [0.15, 0.2) is 11.5 Å². The number of halogens is 1. The van der Waals surface area contributed by atoms with E-state index < -0.39 is 0 Å². The molecule has 118 valence electrons. The molecule has 3 rings (SSSR count). The third-order valence-corrected chi connectivity index (χ3v) is 3.90. The summed E-state index contributed by atoms with van der Waals surface area (Å²) in [6, 6.07) is 3.99. The summed E-state index contributed by atoms with van der Waals surface area (Å²) in [7, 11) is 3.19. The fourth-order valence-corrected chi connectivity index (χ4v) is 2.75. The van der Waals surface area contributed by atoms with Gasteiger partial charge in [0.2, 0.25) is 5.28 Å². The standard InChI is InChI=1S/C15H18ClN3O3/c1-20-12-7-10-11(8-13(12)21-2)18-15(16)19-14(10)17-9-3-5-22-6-4-9/h7-9H,3-6H2,1-2H3,(H,17,18,19). The first-order valence-corrected chi connectivity index (χ1v) is 7.52. The summed E-state index contributed by atoms with van der Waals surface area (Å²) in [5.74, 6) is 1.96. The molecule has 1 aromatic heterocycles. The van der Waals surface area contributed by atoms with E-state index in [2.05, 4.69) is 15.3 Å². The molecule has 1 N–H and O–H groups in total. The molecule has 0 unspecified atom stereocenters. The van der Waals surface area contributed by atoms with Gasteiger partial charge in [0.05, 0.1) is 19.7 Å². The predicted molar refractivity (Wildman–Crippen MR) is 85.1 cm³/mol. The van der Waals surface area contributed by atoms with E-state index in [9.17, 15) is 0 Å². The summed E-state index contributed by atoms with van der Waals surface area (Å²) in [6.45, 7) is 1.51. The zero-order valence-electron chi connectivity index (χ0n) is 12.6. The maximum absolute atomic E-state index is 6.05. The van der Waals surface area contributed by atoms with Crippen LogP contribution in [-0.4, -0.2) is 43.4 Å². The van der Waals surface area contributed by atoms with Gasteiger partial charge < -0.3 is 19.5 Å². The first-order chi connectivity index (χ1) is 10.7. The molecule has 2 heterocycles. The Bertz CT molecular complexity index is 675. The number of hydrogen-bond donors (Lipinski definition) is 1. The van der Waals surface area contributed by atoms with Crippen molar-refractivity contribution in [3.63, 3.8) is 0 Å². The van der Waals surface area contributed by atoms with Crippen LogP contribution in [0.3, 0.4) is 0 Å². The van der Waals surface area contributed by atoms with E-state index in [0.29, 0.717) is 28.9 Å².